The number of nitro benzene ring substituents is 1. The number of fused-ring (bicyclic) bond motifs is 1. The van der Waals surface area contributed by atoms with E-state index in [9.17, 15) is 10.1 Å². The molecule has 0 fully saturated rings. The number of imidazole rings is 1. The van der Waals surface area contributed by atoms with Crippen LogP contribution in [0.3, 0.4) is 0 Å². The van der Waals surface area contributed by atoms with Gasteiger partial charge in [-0.3, -0.25) is 10.1 Å². The van der Waals surface area contributed by atoms with Crippen molar-refractivity contribution in [3.8, 4) is 17.5 Å². The van der Waals surface area contributed by atoms with Gasteiger partial charge in [-0.05, 0) is 43.7 Å². The number of H-pyrrole nitrogens is 1. The molecule has 0 atom stereocenters. The topological polar surface area (TPSA) is 95.6 Å². The molecule has 1 N–H and O–H groups in total. The van der Waals surface area contributed by atoms with E-state index in [1.807, 2.05) is 0 Å². The van der Waals surface area contributed by atoms with Gasteiger partial charge in [0.15, 0.2) is 0 Å². The fourth-order valence-corrected chi connectivity index (χ4v) is 2.47. The van der Waals surface area contributed by atoms with Crippen molar-refractivity contribution < 1.29 is 4.92 Å². The van der Waals surface area contributed by atoms with Crippen LogP contribution in [-0.4, -0.2) is 14.9 Å². The van der Waals surface area contributed by atoms with E-state index in [2.05, 4.69) is 16.0 Å². The highest BCUT2D eigenvalue weighted by molar-refractivity contribution is 5.88. The maximum atomic E-state index is 11.1. The third-order valence-electron chi connectivity index (χ3n) is 3.67. The summed E-state index contributed by atoms with van der Waals surface area (Å²) in [6, 6.07) is 10.6. The largest absolute Gasteiger partial charge is 0.338 e. The number of aromatic amines is 1. The first-order valence-electron chi connectivity index (χ1n) is 6.66. The molecule has 0 unspecified atom stereocenters. The molecule has 0 spiro atoms. The van der Waals surface area contributed by atoms with Gasteiger partial charge < -0.3 is 4.98 Å². The summed E-state index contributed by atoms with van der Waals surface area (Å²) in [5.74, 6) is 0.631. The lowest BCUT2D eigenvalue weighted by molar-refractivity contribution is -0.385. The van der Waals surface area contributed by atoms with Crippen LogP contribution in [-0.2, 0) is 0 Å². The van der Waals surface area contributed by atoms with Crippen molar-refractivity contribution in [2.24, 2.45) is 0 Å². The highest BCUT2D eigenvalue weighted by Gasteiger charge is 2.18. The van der Waals surface area contributed by atoms with Gasteiger partial charge in [-0.1, -0.05) is 0 Å². The lowest BCUT2D eigenvalue weighted by Crippen LogP contribution is -1.94. The third-order valence-corrected chi connectivity index (χ3v) is 3.67. The number of nitriles is 1. The molecule has 0 aliphatic heterocycles. The highest BCUT2D eigenvalue weighted by Crippen LogP contribution is 2.31. The van der Waals surface area contributed by atoms with Crippen molar-refractivity contribution >= 4 is 16.7 Å². The van der Waals surface area contributed by atoms with Crippen LogP contribution in [0.25, 0.3) is 22.4 Å². The van der Waals surface area contributed by atoms with Gasteiger partial charge in [-0.2, -0.15) is 5.26 Å². The fraction of sp³-hybridized carbons (Fsp3) is 0.125. The first-order valence-corrected chi connectivity index (χ1v) is 6.66. The van der Waals surface area contributed by atoms with E-state index in [0.29, 0.717) is 22.5 Å². The zero-order chi connectivity index (χ0) is 15.9. The predicted octanol–water partition coefficient (Wildman–Crippen LogP) is 3.63. The van der Waals surface area contributed by atoms with Crippen molar-refractivity contribution in [2.45, 2.75) is 13.8 Å². The molecule has 0 amide bonds. The molecule has 0 aliphatic rings. The summed E-state index contributed by atoms with van der Waals surface area (Å²) < 4.78 is 0. The number of nitro groups is 1. The average molecular weight is 292 g/mol. The molecule has 0 saturated heterocycles. The van der Waals surface area contributed by atoms with Gasteiger partial charge in [0.25, 0.3) is 5.69 Å². The fourth-order valence-electron chi connectivity index (χ4n) is 2.47. The van der Waals surface area contributed by atoms with E-state index in [4.69, 9.17) is 5.26 Å². The number of aryl methyl sites for hydroxylation is 2. The summed E-state index contributed by atoms with van der Waals surface area (Å²) in [6.45, 7) is 3.51. The van der Waals surface area contributed by atoms with Crippen molar-refractivity contribution in [1.29, 1.82) is 5.26 Å². The molecule has 6 nitrogen and oxygen atoms in total. The Balaban J connectivity index is 2.21. The minimum atomic E-state index is -0.385. The standard InChI is InChI=1S/C16H12N4O2/c1-9-7-13(20(21)22)10(2)15-14(9)18-16(19-15)12-5-3-11(8-17)4-6-12/h3-7H,1-2H3,(H,18,19). The van der Waals surface area contributed by atoms with Crippen molar-refractivity contribution in [3.63, 3.8) is 0 Å². The quantitative estimate of drug-likeness (QED) is 0.576. The van der Waals surface area contributed by atoms with E-state index in [0.717, 1.165) is 16.6 Å². The van der Waals surface area contributed by atoms with Crippen LogP contribution in [0.2, 0.25) is 0 Å². The first-order chi connectivity index (χ1) is 10.5. The first kappa shape index (κ1) is 13.8. The maximum Gasteiger partial charge on any atom is 0.274 e. The highest BCUT2D eigenvalue weighted by atomic mass is 16.6. The smallest absolute Gasteiger partial charge is 0.274 e. The zero-order valence-electron chi connectivity index (χ0n) is 12.0. The van der Waals surface area contributed by atoms with Crippen LogP contribution in [0, 0.1) is 35.3 Å². The second-order valence-electron chi connectivity index (χ2n) is 5.09. The summed E-state index contributed by atoms with van der Waals surface area (Å²) in [5.41, 5.74) is 4.20. The third kappa shape index (κ3) is 2.09. The van der Waals surface area contributed by atoms with Crippen molar-refractivity contribution in [2.75, 3.05) is 0 Å². The molecule has 3 rings (SSSR count). The number of nitrogens with zero attached hydrogens (tertiary/aromatic N) is 3. The summed E-state index contributed by atoms with van der Waals surface area (Å²) in [5, 5.41) is 19.9. The SMILES string of the molecule is Cc1cc([N+](=O)[O-])c(C)c2[nH]c(-c3ccc(C#N)cc3)nc12. The summed E-state index contributed by atoms with van der Waals surface area (Å²) in [7, 11) is 0. The molecule has 1 aromatic heterocycles. The Bertz CT molecular complexity index is 933. The number of nitrogens with one attached hydrogen (secondary N) is 1. The van der Waals surface area contributed by atoms with E-state index in [1.165, 1.54) is 0 Å². The molecule has 6 heteroatoms. The van der Waals surface area contributed by atoms with Gasteiger partial charge in [0.2, 0.25) is 0 Å². The van der Waals surface area contributed by atoms with Gasteiger partial charge in [-0.15, -0.1) is 0 Å². The number of aromatic nitrogens is 2. The van der Waals surface area contributed by atoms with E-state index in [1.54, 1.807) is 44.2 Å². The molecular formula is C16H12N4O2. The zero-order valence-corrected chi connectivity index (χ0v) is 12.0. The Hall–Kier alpha value is -3.20. The Labute approximate surface area is 126 Å². The Kier molecular flexibility index (Phi) is 3.11. The molecule has 1 heterocycles. The number of rotatable bonds is 2. The van der Waals surface area contributed by atoms with Crippen LogP contribution in [0.4, 0.5) is 5.69 Å². The van der Waals surface area contributed by atoms with Crippen LogP contribution in [0.1, 0.15) is 16.7 Å². The van der Waals surface area contributed by atoms with Gasteiger partial charge in [0, 0.05) is 11.6 Å². The Morgan fingerprint density at radius 3 is 2.55 bits per heavy atom. The molecule has 108 valence electrons. The molecule has 0 saturated carbocycles. The summed E-state index contributed by atoms with van der Waals surface area (Å²) in [4.78, 5) is 18.4. The Morgan fingerprint density at radius 1 is 1.27 bits per heavy atom. The van der Waals surface area contributed by atoms with E-state index >= 15 is 0 Å². The van der Waals surface area contributed by atoms with Crippen LogP contribution in [0.5, 0.6) is 0 Å². The molecule has 3 aromatic rings. The minimum Gasteiger partial charge on any atom is -0.338 e. The Morgan fingerprint density at radius 2 is 1.95 bits per heavy atom. The van der Waals surface area contributed by atoms with Crippen molar-refractivity contribution in [3.05, 3.63) is 57.1 Å². The van der Waals surface area contributed by atoms with Crippen LogP contribution < -0.4 is 0 Å². The number of benzene rings is 2. The predicted molar refractivity (Wildman–Crippen MR) is 82.4 cm³/mol. The molecule has 2 aromatic carbocycles. The van der Waals surface area contributed by atoms with Crippen LogP contribution >= 0.6 is 0 Å². The molecule has 0 radical (unpaired) electrons. The number of hydrogen-bond donors (Lipinski definition) is 1. The lowest BCUT2D eigenvalue weighted by Gasteiger charge is -2.00. The van der Waals surface area contributed by atoms with Gasteiger partial charge in [0.1, 0.15) is 5.82 Å². The summed E-state index contributed by atoms with van der Waals surface area (Å²) >= 11 is 0. The molecule has 0 aliphatic carbocycles. The lowest BCUT2D eigenvalue weighted by atomic mass is 10.1. The molecular weight excluding hydrogens is 280 g/mol. The molecule has 22 heavy (non-hydrogen) atoms. The maximum absolute atomic E-state index is 11.1. The van der Waals surface area contributed by atoms with Crippen LogP contribution in [0.15, 0.2) is 30.3 Å². The van der Waals surface area contributed by atoms with Gasteiger partial charge in [0.05, 0.1) is 33.2 Å². The monoisotopic (exact) mass is 292 g/mol. The second-order valence-corrected chi connectivity index (χ2v) is 5.09. The normalized spacial score (nSPS) is 10.6. The molecule has 0 bridgehead atoms. The number of hydrogen-bond acceptors (Lipinski definition) is 4. The van der Waals surface area contributed by atoms with E-state index in [-0.39, 0.29) is 10.6 Å². The minimum absolute atomic E-state index is 0.0834. The van der Waals surface area contributed by atoms with Gasteiger partial charge in [-0.25, -0.2) is 4.98 Å². The second kappa shape index (κ2) is 4.97. The van der Waals surface area contributed by atoms with E-state index < -0.39 is 0 Å². The van der Waals surface area contributed by atoms with Gasteiger partial charge >= 0.3 is 0 Å². The van der Waals surface area contributed by atoms with Crippen molar-refractivity contribution in [1.82, 2.24) is 9.97 Å². The average Bonchev–Trinajstić information content (AvgIpc) is 2.97. The summed E-state index contributed by atoms with van der Waals surface area (Å²) in [6.07, 6.45) is 0.